The van der Waals surface area contributed by atoms with Gasteiger partial charge < -0.3 is 15.4 Å². The Bertz CT molecular complexity index is 683. The molecule has 2 heterocycles. The molecule has 0 radical (unpaired) electrons. The SMILES string of the molecule is O=C(NCCc1ccc(F)cc1)c1ccc(NCC2CCCO2)nc1. The first-order valence-corrected chi connectivity index (χ1v) is 8.55. The molecule has 5 nitrogen and oxygen atoms in total. The van der Waals surface area contributed by atoms with Gasteiger partial charge in [0.25, 0.3) is 5.91 Å². The van der Waals surface area contributed by atoms with Gasteiger partial charge in [0.05, 0.1) is 11.7 Å². The Morgan fingerprint density at radius 3 is 2.76 bits per heavy atom. The van der Waals surface area contributed by atoms with Crippen LogP contribution in [0, 0.1) is 5.82 Å². The first-order chi connectivity index (χ1) is 12.2. The zero-order valence-corrected chi connectivity index (χ0v) is 14.0. The van der Waals surface area contributed by atoms with Crippen LogP contribution in [0.2, 0.25) is 0 Å². The van der Waals surface area contributed by atoms with Gasteiger partial charge >= 0.3 is 0 Å². The summed E-state index contributed by atoms with van der Waals surface area (Å²) in [5, 5.41) is 6.07. The summed E-state index contributed by atoms with van der Waals surface area (Å²) in [6.07, 6.45) is 4.64. The van der Waals surface area contributed by atoms with Crippen molar-refractivity contribution in [1.29, 1.82) is 0 Å². The van der Waals surface area contributed by atoms with Gasteiger partial charge in [0.15, 0.2) is 0 Å². The zero-order chi connectivity index (χ0) is 17.5. The maximum absolute atomic E-state index is 12.8. The van der Waals surface area contributed by atoms with Crippen molar-refractivity contribution in [2.24, 2.45) is 0 Å². The summed E-state index contributed by atoms with van der Waals surface area (Å²) in [4.78, 5) is 16.4. The van der Waals surface area contributed by atoms with E-state index in [0.717, 1.165) is 37.4 Å². The van der Waals surface area contributed by atoms with Crippen molar-refractivity contribution in [1.82, 2.24) is 10.3 Å². The molecular weight excluding hydrogens is 321 g/mol. The fourth-order valence-electron chi connectivity index (χ4n) is 2.73. The van der Waals surface area contributed by atoms with Crippen molar-refractivity contribution in [2.45, 2.75) is 25.4 Å². The highest BCUT2D eigenvalue weighted by Gasteiger charge is 2.15. The van der Waals surface area contributed by atoms with Crippen molar-refractivity contribution >= 4 is 11.7 Å². The number of ether oxygens (including phenoxy) is 1. The van der Waals surface area contributed by atoms with Crippen LogP contribution >= 0.6 is 0 Å². The predicted octanol–water partition coefficient (Wildman–Crippen LogP) is 2.78. The molecule has 1 aliphatic heterocycles. The number of hydrogen-bond acceptors (Lipinski definition) is 4. The fourth-order valence-corrected chi connectivity index (χ4v) is 2.73. The van der Waals surface area contributed by atoms with Crippen LogP contribution in [0.4, 0.5) is 10.2 Å². The first-order valence-electron chi connectivity index (χ1n) is 8.55. The Hall–Kier alpha value is -2.47. The smallest absolute Gasteiger partial charge is 0.252 e. The van der Waals surface area contributed by atoms with E-state index in [1.54, 1.807) is 30.5 Å². The lowest BCUT2D eigenvalue weighted by atomic mass is 10.1. The van der Waals surface area contributed by atoms with E-state index in [4.69, 9.17) is 4.74 Å². The van der Waals surface area contributed by atoms with Gasteiger partial charge in [-0.05, 0) is 49.1 Å². The zero-order valence-electron chi connectivity index (χ0n) is 14.0. The summed E-state index contributed by atoms with van der Waals surface area (Å²) < 4.78 is 18.4. The lowest BCUT2D eigenvalue weighted by molar-refractivity contribution is 0.0953. The first kappa shape index (κ1) is 17.4. The molecule has 1 atom stereocenters. The quantitative estimate of drug-likeness (QED) is 0.811. The topological polar surface area (TPSA) is 63.2 Å². The van der Waals surface area contributed by atoms with Crippen LogP contribution < -0.4 is 10.6 Å². The Balaban J connectivity index is 1.42. The number of rotatable bonds is 7. The molecule has 1 amide bonds. The molecule has 0 spiro atoms. The summed E-state index contributed by atoms with van der Waals surface area (Å²) in [6.45, 7) is 2.05. The largest absolute Gasteiger partial charge is 0.376 e. The lowest BCUT2D eigenvalue weighted by Crippen LogP contribution is -2.26. The molecule has 25 heavy (non-hydrogen) atoms. The Morgan fingerprint density at radius 2 is 2.08 bits per heavy atom. The summed E-state index contributed by atoms with van der Waals surface area (Å²) in [6, 6.07) is 9.82. The van der Waals surface area contributed by atoms with Crippen LogP contribution in [-0.4, -0.2) is 36.7 Å². The molecule has 1 aromatic heterocycles. The van der Waals surface area contributed by atoms with Crippen molar-refractivity contribution in [2.75, 3.05) is 25.0 Å². The number of benzene rings is 1. The van der Waals surface area contributed by atoms with Gasteiger partial charge in [-0.3, -0.25) is 4.79 Å². The Labute approximate surface area is 146 Å². The minimum atomic E-state index is -0.257. The molecule has 132 valence electrons. The highest BCUT2D eigenvalue weighted by atomic mass is 19.1. The number of anilines is 1. The summed E-state index contributed by atoms with van der Waals surface area (Å²) >= 11 is 0. The molecule has 0 bridgehead atoms. The number of pyridine rings is 1. The highest BCUT2D eigenvalue weighted by Crippen LogP contribution is 2.13. The fraction of sp³-hybridized carbons (Fsp3) is 0.368. The van der Waals surface area contributed by atoms with E-state index in [-0.39, 0.29) is 17.8 Å². The Kier molecular flexibility index (Phi) is 5.95. The van der Waals surface area contributed by atoms with Crippen LogP contribution in [-0.2, 0) is 11.2 Å². The molecule has 2 N–H and O–H groups in total. The number of carbonyl (C=O) groups excluding carboxylic acids is 1. The normalized spacial score (nSPS) is 16.6. The van der Waals surface area contributed by atoms with Crippen LogP contribution in [0.25, 0.3) is 0 Å². The number of nitrogens with zero attached hydrogens (tertiary/aromatic N) is 1. The second-order valence-electron chi connectivity index (χ2n) is 6.08. The maximum Gasteiger partial charge on any atom is 0.252 e. The third-order valence-electron chi connectivity index (χ3n) is 4.17. The van der Waals surface area contributed by atoms with E-state index in [9.17, 15) is 9.18 Å². The van der Waals surface area contributed by atoms with Crippen molar-refractivity contribution in [3.63, 3.8) is 0 Å². The lowest BCUT2D eigenvalue weighted by Gasteiger charge is -2.11. The number of aromatic nitrogens is 1. The predicted molar refractivity (Wildman–Crippen MR) is 94.1 cm³/mol. The summed E-state index contributed by atoms with van der Waals surface area (Å²) in [5.41, 5.74) is 1.50. The Morgan fingerprint density at radius 1 is 1.24 bits per heavy atom. The molecule has 1 fully saturated rings. The third kappa shape index (κ3) is 5.26. The average Bonchev–Trinajstić information content (AvgIpc) is 3.15. The number of halogens is 1. The number of carbonyl (C=O) groups is 1. The minimum absolute atomic E-state index is 0.166. The molecule has 3 rings (SSSR count). The van der Waals surface area contributed by atoms with E-state index >= 15 is 0 Å². The van der Waals surface area contributed by atoms with Crippen LogP contribution in [0.3, 0.4) is 0 Å². The van der Waals surface area contributed by atoms with E-state index < -0.39 is 0 Å². The van der Waals surface area contributed by atoms with Gasteiger partial charge in [-0.2, -0.15) is 0 Å². The number of nitrogens with one attached hydrogen (secondary N) is 2. The van der Waals surface area contributed by atoms with E-state index in [0.29, 0.717) is 18.5 Å². The molecule has 1 aliphatic rings. The van der Waals surface area contributed by atoms with E-state index in [1.807, 2.05) is 0 Å². The molecule has 0 aliphatic carbocycles. The molecule has 1 unspecified atom stereocenters. The van der Waals surface area contributed by atoms with Crippen molar-refractivity contribution in [3.05, 3.63) is 59.5 Å². The minimum Gasteiger partial charge on any atom is -0.376 e. The molecular formula is C19H22FN3O2. The molecule has 1 saturated heterocycles. The average molecular weight is 343 g/mol. The van der Waals surface area contributed by atoms with Crippen molar-refractivity contribution < 1.29 is 13.9 Å². The molecule has 6 heteroatoms. The maximum atomic E-state index is 12.8. The highest BCUT2D eigenvalue weighted by molar-refractivity contribution is 5.94. The van der Waals surface area contributed by atoms with Gasteiger partial charge in [0, 0.05) is 25.9 Å². The van der Waals surface area contributed by atoms with Crippen LogP contribution in [0.5, 0.6) is 0 Å². The van der Waals surface area contributed by atoms with E-state index in [2.05, 4.69) is 15.6 Å². The van der Waals surface area contributed by atoms with Gasteiger partial charge in [0.1, 0.15) is 11.6 Å². The van der Waals surface area contributed by atoms with E-state index in [1.165, 1.54) is 12.1 Å². The van der Waals surface area contributed by atoms with Gasteiger partial charge in [-0.1, -0.05) is 12.1 Å². The number of amides is 1. The second kappa shape index (κ2) is 8.58. The molecule has 1 aromatic carbocycles. The third-order valence-corrected chi connectivity index (χ3v) is 4.17. The summed E-state index contributed by atoms with van der Waals surface area (Å²) in [7, 11) is 0. The molecule has 0 saturated carbocycles. The number of hydrogen-bond donors (Lipinski definition) is 2. The molecule has 2 aromatic rings. The van der Waals surface area contributed by atoms with Crippen LogP contribution in [0.1, 0.15) is 28.8 Å². The monoisotopic (exact) mass is 343 g/mol. The van der Waals surface area contributed by atoms with Crippen molar-refractivity contribution in [3.8, 4) is 0 Å². The summed E-state index contributed by atoms with van der Waals surface area (Å²) in [5.74, 6) is 0.311. The van der Waals surface area contributed by atoms with Gasteiger partial charge in [0.2, 0.25) is 0 Å². The standard InChI is InChI=1S/C19H22FN3O2/c20-16-6-3-14(4-7-16)9-10-21-19(24)15-5-8-18(22-12-15)23-13-17-2-1-11-25-17/h3-8,12,17H,1-2,9-11,13H2,(H,21,24)(H,22,23). The van der Waals surface area contributed by atoms with Gasteiger partial charge in [-0.25, -0.2) is 9.37 Å². The van der Waals surface area contributed by atoms with Gasteiger partial charge in [-0.15, -0.1) is 0 Å². The second-order valence-corrected chi connectivity index (χ2v) is 6.08. The van der Waals surface area contributed by atoms with Crippen LogP contribution in [0.15, 0.2) is 42.6 Å².